The molecule has 0 spiro atoms. The highest BCUT2D eigenvalue weighted by Gasteiger charge is 2.27. The summed E-state index contributed by atoms with van der Waals surface area (Å²) in [5.41, 5.74) is 0.738. The summed E-state index contributed by atoms with van der Waals surface area (Å²) in [5, 5.41) is 3.50. The Morgan fingerprint density at radius 1 is 1.33 bits per heavy atom. The first-order valence-electron chi connectivity index (χ1n) is 5.21. The average molecular weight is 284 g/mol. The molecule has 1 N–H and O–H groups in total. The van der Waals surface area contributed by atoms with Crippen LogP contribution in [-0.2, 0) is 29.2 Å². The average Bonchev–Trinajstić information content (AvgIpc) is 2.60. The number of aromatic nitrogens is 1. The van der Waals surface area contributed by atoms with Gasteiger partial charge in [-0.3, -0.25) is 0 Å². The Hall–Kier alpha value is -0.700. The van der Waals surface area contributed by atoms with Crippen LogP contribution in [-0.4, -0.2) is 31.9 Å². The molecule has 0 fully saturated rings. The van der Waals surface area contributed by atoms with Crippen molar-refractivity contribution in [2.75, 3.05) is 20.8 Å². The summed E-state index contributed by atoms with van der Waals surface area (Å²) in [7, 11) is 3.33. The third kappa shape index (κ3) is 5.30. The Kier molecular flexibility index (Phi) is 6.00. The van der Waals surface area contributed by atoms with Gasteiger partial charge in [0.1, 0.15) is 11.6 Å². The van der Waals surface area contributed by atoms with Crippen LogP contribution in [0.5, 0.6) is 0 Å². The normalized spacial score (nSPS) is 12.1. The monoisotopic (exact) mass is 284 g/mol. The fraction of sp³-hybridized carbons (Fsp3) is 0.700. The van der Waals surface area contributed by atoms with Gasteiger partial charge in [0.25, 0.3) is 0 Å². The smallest absolute Gasteiger partial charge is 0.378 e. The molecule has 0 aliphatic heterocycles. The molecule has 8 heteroatoms. The quantitative estimate of drug-likeness (QED) is 0.832. The highest BCUT2D eigenvalue weighted by atomic mass is 32.1. The van der Waals surface area contributed by atoms with E-state index in [9.17, 15) is 13.2 Å². The fourth-order valence-electron chi connectivity index (χ4n) is 1.30. The lowest BCUT2D eigenvalue weighted by Gasteiger charge is -2.05. The van der Waals surface area contributed by atoms with Crippen LogP contribution in [0.25, 0.3) is 0 Å². The maximum Gasteiger partial charge on any atom is 0.411 e. The molecule has 1 aromatic heterocycles. The summed E-state index contributed by atoms with van der Waals surface area (Å²) >= 11 is 1.33. The van der Waals surface area contributed by atoms with Crippen LogP contribution >= 0.6 is 11.3 Å². The third-order valence-electron chi connectivity index (χ3n) is 1.93. The van der Waals surface area contributed by atoms with Crippen molar-refractivity contribution in [2.24, 2.45) is 0 Å². The molecular weight excluding hydrogens is 269 g/mol. The number of methoxy groups -OCH3 is 1. The Labute approximate surface area is 107 Å². The number of thiazole rings is 1. The number of ether oxygens (including phenoxy) is 2. The molecule has 0 bridgehead atoms. The molecule has 0 saturated heterocycles. The van der Waals surface area contributed by atoms with E-state index in [1.165, 1.54) is 11.3 Å². The molecule has 18 heavy (non-hydrogen) atoms. The van der Waals surface area contributed by atoms with E-state index in [0.717, 1.165) is 10.6 Å². The molecule has 0 aliphatic rings. The number of nitrogens with one attached hydrogen (secondary N) is 1. The van der Waals surface area contributed by atoms with Crippen molar-refractivity contribution in [3.8, 4) is 0 Å². The van der Waals surface area contributed by atoms with E-state index in [2.05, 4.69) is 15.0 Å². The van der Waals surface area contributed by atoms with Crippen molar-refractivity contribution in [2.45, 2.75) is 25.9 Å². The molecule has 0 aliphatic carbocycles. The van der Waals surface area contributed by atoms with Crippen LogP contribution in [0, 0.1) is 0 Å². The van der Waals surface area contributed by atoms with E-state index >= 15 is 0 Å². The van der Waals surface area contributed by atoms with E-state index in [-0.39, 0.29) is 6.61 Å². The van der Waals surface area contributed by atoms with Crippen molar-refractivity contribution >= 4 is 11.3 Å². The highest BCUT2D eigenvalue weighted by molar-refractivity contribution is 7.11. The number of alkyl halides is 3. The Balaban J connectivity index is 2.57. The van der Waals surface area contributed by atoms with Gasteiger partial charge in [-0.15, -0.1) is 11.3 Å². The molecule has 0 radical (unpaired) electrons. The zero-order chi connectivity index (χ0) is 13.6. The summed E-state index contributed by atoms with van der Waals surface area (Å²) < 4.78 is 45.3. The summed E-state index contributed by atoms with van der Waals surface area (Å²) in [4.78, 5) is 5.15. The molecule has 1 rings (SSSR count). The maximum atomic E-state index is 11.9. The van der Waals surface area contributed by atoms with Gasteiger partial charge in [0, 0.05) is 18.5 Å². The number of nitrogens with zero attached hydrogens (tertiary/aromatic N) is 1. The lowest BCUT2D eigenvalue weighted by molar-refractivity contribution is -0.176. The maximum absolute atomic E-state index is 11.9. The van der Waals surface area contributed by atoms with Crippen molar-refractivity contribution < 1.29 is 22.6 Å². The second-order valence-corrected chi connectivity index (χ2v) is 4.72. The molecule has 0 saturated carbocycles. The van der Waals surface area contributed by atoms with Crippen molar-refractivity contribution in [3.63, 3.8) is 0 Å². The first kappa shape index (κ1) is 15.4. The molecule has 1 aromatic rings. The molecule has 104 valence electrons. The third-order valence-corrected chi connectivity index (χ3v) is 3.00. The summed E-state index contributed by atoms with van der Waals surface area (Å²) in [6.07, 6.45) is -4.31. The van der Waals surface area contributed by atoms with Crippen LogP contribution in [0.2, 0.25) is 0 Å². The van der Waals surface area contributed by atoms with Gasteiger partial charge in [-0.05, 0) is 7.05 Å². The summed E-state index contributed by atoms with van der Waals surface area (Å²) in [6, 6.07) is 0. The zero-order valence-corrected chi connectivity index (χ0v) is 11.0. The largest absolute Gasteiger partial charge is 0.411 e. The lowest BCUT2D eigenvalue weighted by atomic mass is 10.4. The molecule has 1 heterocycles. The number of hydrogen-bond donors (Lipinski definition) is 1. The topological polar surface area (TPSA) is 43.4 Å². The SMILES string of the molecule is CNCc1sc(COCC(F)(F)F)nc1COC. The van der Waals surface area contributed by atoms with E-state index in [1.807, 2.05) is 0 Å². The van der Waals surface area contributed by atoms with Gasteiger partial charge in [0.2, 0.25) is 0 Å². The van der Waals surface area contributed by atoms with Gasteiger partial charge >= 0.3 is 6.18 Å². The van der Waals surface area contributed by atoms with Crippen molar-refractivity contribution in [3.05, 3.63) is 15.6 Å². The fourth-order valence-corrected chi connectivity index (χ4v) is 2.32. The summed E-state index contributed by atoms with van der Waals surface area (Å²) in [5.74, 6) is 0. The van der Waals surface area contributed by atoms with Gasteiger partial charge < -0.3 is 14.8 Å². The number of halogens is 3. The van der Waals surface area contributed by atoms with E-state index < -0.39 is 12.8 Å². The van der Waals surface area contributed by atoms with E-state index in [1.54, 1.807) is 14.2 Å². The number of hydrogen-bond acceptors (Lipinski definition) is 5. The van der Waals surface area contributed by atoms with Gasteiger partial charge in [0.05, 0.1) is 18.9 Å². The number of rotatable bonds is 7. The second kappa shape index (κ2) is 7.03. The minimum atomic E-state index is -4.31. The van der Waals surface area contributed by atoms with Gasteiger partial charge in [-0.1, -0.05) is 0 Å². The second-order valence-electron chi connectivity index (χ2n) is 3.55. The minimum Gasteiger partial charge on any atom is -0.378 e. The predicted molar refractivity (Wildman–Crippen MR) is 61.3 cm³/mol. The van der Waals surface area contributed by atoms with Crippen LogP contribution in [0.15, 0.2) is 0 Å². The Morgan fingerprint density at radius 2 is 2.06 bits per heavy atom. The lowest BCUT2D eigenvalue weighted by Crippen LogP contribution is -2.16. The predicted octanol–water partition coefficient (Wildman–Crippen LogP) is 2.09. The van der Waals surface area contributed by atoms with Gasteiger partial charge in [-0.25, -0.2) is 4.98 Å². The first-order chi connectivity index (χ1) is 8.46. The molecule has 0 amide bonds. The molecule has 0 atom stereocenters. The van der Waals surface area contributed by atoms with Crippen LogP contribution in [0.3, 0.4) is 0 Å². The van der Waals surface area contributed by atoms with Crippen LogP contribution in [0.1, 0.15) is 15.6 Å². The summed E-state index contributed by atoms with van der Waals surface area (Å²) in [6.45, 7) is -0.444. The molecule has 0 aromatic carbocycles. The van der Waals surface area contributed by atoms with Crippen molar-refractivity contribution in [1.82, 2.24) is 10.3 Å². The Bertz CT molecular complexity index is 345. The van der Waals surface area contributed by atoms with E-state index in [4.69, 9.17) is 4.74 Å². The zero-order valence-electron chi connectivity index (χ0n) is 10.1. The molecule has 0 unspecified atom stereocenters. The molecule has 4 nitrogen and oxygen atoms in total. The molecular formula is C10H15F3N2O2S. The highest BCUT2D eigenvalue weighted by Crippen LogP contribution is 2.21. The van der Waals surface area contributed by atoms with Crippen LogP contribution in [0.4, 0.5) is 13.2 Å². The standard InChI is InChI=1S/C10H15F3N2O2S/c1-14-3-8-7(4-16-2)15-9(18-8)5-17-6-10(11,12)13/h14H,3-6H2,1-2H3. The van der Waals surface area contributed by atoms with Crippen molar-refractivity contribution in [1.29, 1.82) is 0 Å². The van der Waals surface area contributed by atoms with Crippen LogP contribution < -0.4 is 5.32 Å². The minimum absolute atomic E-state index is 0.134. The van der Waals surface area contributed by atoms with Gasteiger partial charge in [-0.2, -0.15) is 13.2 Å². The Morgan fingerprint density at radius 3 is 2.61 bits per heavy atom. The van der Waals surface area contributed by atoms with E-state index in [0.29, 0.717) is 18.2 Å². The van der Waals surface area contributed by atoms with Gasteiger partial charge in [0.15, 0.2) is 0 Å². The first-order valence-corrected chi connectivity index (χ1v) is 6.03.